The maximum absolute atomic E-state index is 13.5. The number of hydrogen-bond donors (Lipinski definition) is 0. The molecule has 0 atom stereocenters. The van der Waals surface area contributed by atoms with Crippen molar-refractivity contribution in [3.8, 4) is 11.5 Å². The van der Waals surface area contributed by atoms with E-state index in [1.807, 2.05) is 30.3 Å². The summed E-state index contributed by atoms with van der Waals surface area (Å²) in [6.45, 7) is 0.487. The molecule has 21 heavy (non-hydrogen) atoms. The number of benzene rings is 2. The van der Waals surface area contributed by atoms with Crippen LogP contribution in [0.4, 0.5) is 8.78 Å². The number of ether oxygens (including phenoxy) is 2. The van der Waals surface area contributed by atoms with Crippen LogP contribution in [0.5, 0.6) is 11.5 Å². The smallest absolute Gasteiger partial charge is 0.190 e. The summed E-state index contributed by atoms with van der Waals surface area (Å²) in [6.07, 6.45) is 0.854. The maximum atomic E-state index is 13.5. The number of para-hydroxylation sites is 1. The van der Waals surface area contributed by atoms with E-state index in [9.17, 15) is 13.6 Å². The molecular formula is C16H14F2O3. The maximum Gasteiger partial charge on any atom is 0.190 e. The fourth-order valence-corrected chi connectivity index (χ4v) is 1.73. The van der Waals surface area contributed by atoms with Gasteiger partial charge in [-0.25, -0.2) is 8.78 Å². The Hall–Kier alpha value is -2.43. The molecule has 0 saturated carbocycles. The second-order valence-electron chi connectivity index (χ2n) is 4.30. The Kier molecular flexibility index (Phi) is 5.26. The minimum atomic E-state index is -0.888. The first kappa shape index (κ1) is 15.0. The quantitative estimate of drug-likeness (QED) is 0.577. The summed E-state index contributed by atoms with van der Waals surface area (Å²) in [7, 11) is 0. The van der Waals surface area contributed by atoms with Gasteiger partial charge in [-0.1, -0.05) is 18.2 Å². The fraction of sp³-hybridized carbons (Fsp3) is 0.188. The molecule has 110 valence electrons. The number of halogens is 2. The lowest BCUT2D eigenvalue weighted by Gasteiger charge is -2.09. The van der Waals surface area contributed by atoms with E-state index >= 15 is 0 Å². The average molecular weight is 292 g/mol. The first-order valence-corrected chi connectivity index (χ1v) is 6.45. The summed E-state index contributed by atoms with van der Waals surface area (Å²) >= 11 is 0. The summed E-state index contributed by atoms with van der Waals surface area (Å²) in [6, 6.07) is 11.1. The van der Waals surface area contributed by atoms with Crippen LogP contribution in [0.25, 0.3) is 0 Å². The Morgan fingerprint density at radius 3 is 2.19 bits per heavy atom. The molecule has 0 radical (unpaired) electrons. The van der Waals surface area contributed by atoms with Crippen LogP contribution in [0, 0.1) is 11.6 Å². The van der Waals surface area contributed by atoms with E-state index in [4.69, 9.17) is 9.47 Å². The van der Waals surface area contributed by atoms with E-state index in [-0.39, 0.29) is 12.2 Å². The summed E-state index contributed by atoms with van der Waals surface area (Å²) in [5.74, 6) is -1.52. The fourth-order valence-electron chi connectivity index (χ4n) is 1.73. The van der Waals surface area contributed by atoms with Crippen LogP contribution in [0.2, 0.25) is 0 Å². The summed E-state index contributed by atoms with van der Waals surface area (Å²) in [5, 5.41) is 0. The van der Waals surface area contributed by atoms with Gasteiger partial charge in [-0.15, -0.1) is 0 Å². The van der Waals surface area contributed by atoms with Gasteiger partial charge in [-0.3, -0.25) is 4.79 Å². The predicted molar refractivity (Wildman–Crippen MR) is 73.8 cm³/mol. The number of aldehydes is 1. The SMILES string of the molecule is O=Cc1cc(F)c(OCCCOc2ccccc2)c(F)c1. The molecule has 0 unspecified atom stereocenters. The van der Waals surface area contributed by atoms with Crippen molar-refractivity contribution in [1.29, 1.82) is 0 Å². The molecule has 0 saturated heterocycles. The third kappa shape index (κ3) is 4.27. The van der Waals surface area contributed by atoms with E-state index in [2.05, 4.69) is 0 Å². The zero-order valence-corrected chi connectivity index (χ0v) is 11.2. The summed E-state index contributed by atoms with van der Waals surface area (Å²) in [4.78, 5) is 10.5. The Morgan fingerprint density at radius 2 is 1.57 bits per heavy atom. The molecule has 0 spiro atoms. The zero-order valence-electron chi connectivity index (χ0n) is 11.2. The van der Waals surface area contributed by atoms with Crippen molar-refractivity contribution in [2.45, 2.75) is 6.42 Å². The van der Waals surface area contributed by atoms with Crippen molar-refractivity contribution < 1.29 is 23.0 Å². The lowest BCUT2D eigenvalue weighted by Crippen LogP contribution is -2.07. The molecule has 3 nitrogen and oxygen atoms in total. The topological polar surface area (TPSA) is 35.5 Å². The molecule has 2 aromatic rings. The van der Waals surface area contributed by atoms with Crippen LogP contribution in [0.1, 0.15) is 16.8 Å². The molecule has 0 aliphatic heterocycles. The van der Waals surface area contributed by atoms with Crippen LogP contribution in [0.3, 0.4) is 0 Å². The van der Waals surface area contributed by atoms with Crippen molar-refractivity contribution >= 4 is 6.29 Å². The first-order chi connectivity index (χ1) is 10.2. The van der Waals surface area contributed by atoms with E-state index in [1.165, 1.54) is 0 Å². The molecule has 2 rings (SSSR count). The highest BCUT2D eigenvalue weighted by Gasteiger charge is 2.12. The number of rotatable bonds is 7. The molecule has 0 fully saturated rings. The van der Waals surface area contributed by atoms with Gasteiger partial charge < -0.3 is 9.47 Å². The monoisotopic (exact) mass is 292 g/mol. The largest absolute Gasteiger partial charge is 0.493 e. The second-order valence-corrected chi connectivity index (χ2v) is 4.30. The van der Waals surface area contributed by atoms with Gasteiger partial charge in [0.25, 0.3) is 0 Å². The number of carbonyl (C=O) groups excluding carboxylic acids is 1. The Morgan fingerprint density at radius 1 is 0.952 bits per heavy atom. The van der Waals surface area contributed by atoms with Crippen molar-refractivity contribution in [2.24, 2.45) is 0 Å². The van der Waals surface area contributed by atoms with Gasteiger partial charge in [-0.05, 0) is 24.3 Å². The van der Waals surface area contributed by atoms with Crippen LogP contribution >= 0.6 is 0 Å². The highest BCUT2D eigenvalue weighted by atomic mass is 19.1. The minimum absolute atomic E-state index is 0.0650. The van der Waals surface area contributed by atoms with Crippen molar-refractivity contribution in [3.05, 3.63) is 59.7 Å². The lowest BCUT2D eigenvalue weighted by molar-refractivity contribution is 0.112. The molecule has 0 aliphatic rings. The Bertz CT molecular complexity index is 577. The molecule has 5 heteroatoms. The third-order valence-corrected chi connectivity index (χ3v) is 2.70. The van der Waals surface area contributed by atoms with Crippen molar-refractivity contribution in [1.82, 2.24) is 0 Å². The molecule has 0 aliphatic carbocycles. The van der Waals surface area contributed by atoms with E-state index in [0.717, 1.165) is 17.9 Å². The highest BCUT2D eigenvalue weighted by Crippen LogP contribution is 2.22. The highest BCUT2D eigenvalue weighted by molar-refractivity contribution is 5.75. The van der Waals surface area contributed by atoms with Crippen LogP contribution in [-0.4, -0.2) is 19.5 Å². The van der Waals surface area contributed by atoms with E-state index in [0.29, 0.717) is 19.3 Å². The normalized spacial score (nSPS) is 10.2. The van der Waals surface area contributed by atoms with E-state index < -0.39 is 17.4 Å². The van der Waals surface area contributed by atoms with Gasteiger partial charge in [0, 0.05) is 12.0 Å². The number of carbonyl (C=O) groups is 1. The summed E-state index contributed by atoms with van der Waals surface area (Å²) in [5.41, 5.74) is -0.0650. The first-order valence-electron chi connectivity index (χ1n) is 6.45. The standard InChI is InChI=1S/C16H14F2O3/c17-14-9-12(11-19)10-15(18)16(14)21-8-4-7-20-13-5-2-1-3-6-13/h1-3,5-6,9-11H,4,7-8H2. The van der Waals surface area contributed by atoms with Crippen LogP contribution in [0.15, 0.2) is 42.5 Å². The molecule has 0 aromatic heterocycles. The third-order valence-electron chi connectivity index (χ3n) is 2.70. The van der Waals surface area contributed by atoms with E-state index in [1.54, 1.807) is 0 Å². The molecular weight excluding hydrogens is 278 g/mol. The Labute approximate surface area is 121 Å². The van der Waals surface area contributed by atoms with Crippen LogP contribution in [-0.2, 0) is 0 Å². The van der Waals surface area contributed by atoms with Gasteiger partial charge in [0.1, 0.15) is 12.0 Å². The van der Waals surface area contributed by atoms with Gasteiger partial charge in [0.2, 0.25) is 0 Å². The van der Waals surface area contributed by atoms with Gasteiger partial charge in [0.05, 0.1) is 13.2 Å². The van der Waals surface area contributed by atoms with Gasteiger partial charge >= 0.3 is 0 Å². The number of hydrogen-bond acceptors (Lipinski definition) is 3. The van der Waals surface area contributed by atoms with Crippen LogP contribution < -0.4 is 9.47 Å². The average Bonchev–Trinajstić information content (AvgIpc) is 2.50. The molecule has 0 N–H and O–H groups in total. The minimum Gasteiger partial charge on any atom is -0.493 e. The van der Waals surface area contributed by atoms with Crippen molar-refractivity contribution in [3.63, 3.8) is 0 Å². The van der Waals surface area contributed by atoms with Gasteiger partial charge in [-0.2, -0.15) is 0 Å². The second kappa shape index (κ2) is 7.38. The predicted octanol–water partition coefficient (Wildman–Crippen LogP) is 3.63. The van der Waals surface area contributed by atoms with Gasteiger partial charge in [0.15, 0.2) is 17.4 Å². The van der Waals surface area contributed by atoms with Crippen molar-refractivity contribution in [2.75, 3.05) is 13.2 Å². The lowest BCUT2D eigenvalue weighted by atomic mass is 10.2. The molecule has 0 amide bonds. The molecule has 0 heterocycles. The zero-order chi connectivity index (χ0) is 15.1. The Balaban J connectivity index is 1.80. The summed E-state index contributed by atoms with van der Waals surface area (Å²) < 4.78 is 37.5. The molecule has 0 bridgehead atoms. The molecule has 2 aromatic carbocycles.